The number of carbonyl (C=O) groups is 3. The fourth-order valence-electron chi connectivity index (χ4n) is 6.11. The molecule has 1 aromatic carbocycles. The first-order valence-electron chi connectivity index (χ1n) is 17.7. The van der Waals surface area contributed by atoms with Gasteiger partial charge in [0, 0.05) is 98.2 Å². The highest BCUT2D eigenvalue weighted by molar-refractivity contribution is 5.79. The molecule has 0 aliphatic carbocycles. The minimum Gasteiger partial charge on any atom is -0.342 e. The number of para-hydroxylation sites is 2. The van der Waals surface area contributed by atoms with Crippen LogP contribution in [0.1, 0.15) is 47.2 Å². The summed E-state index contributed by atoms with van der Waals surface area (Å²) in [6.07, 6.45) is 1.85. The van der Waals surface area contributed by atoms with Crippen molar-refractivity contribution in [2.45, 2.75) is 48.1 Å². The van der Waals surface area contributed by atoms with Gasteiger partial charge in [-0.15, -0.1) is 0 Å². The molecule has 0 atom stereocenters. The first kappa shape index (κ1) is 38.3. The Balaban J connectivity index is 1.87. The van der Waals surface area contributed by atoms with E-state index in [1.165, 1.54) is 0 Å². The fraction of sp³-hybridized carbons (Fsp3) is 0.686. The second-order valence-corrected chi connectivity index (χ2v) is 12.2. The van der Waals surface area contributed by atoms with Gasteiger partial charge in [-0.05, 0) is 53.7 Å². The summed E-state index contributed by atoms with van der Waals surface area (Å²) in [5.74, 6) is 0.364. The molecule has 0 saturated carbocycles. The van der Waals surface area contributed by atoms with Crippen molar-refractivity contribution in [3.8, 4) is 0 Å². The van der Waals surface area contributed by atoms with Crippen LogP contribution < -0.4 is 0 Å². The third-order valence-electron chi connectivity index (χ3n) is 9.24. The highest BCUT2D eigenvalue weighted by atomic mass is 16.2. The van der Waals surface area contributed by atoms with Crippen LogP contribution in [0.5, 0.6) is 0 Å². The monoisotopic (exact) mass is 653 g/mol. The van der Waals surface area contributed by atoms with Crippen molar-refractivity contribution in [1.29, 1.82) is 0 Å². The standard InChI is InChI=1S/C35H59N9O3/c1-7-42(8-2)33(45)27-39-19-17-38(26-30-25-36-31-15-13-14-16-32(31)37-30)18-20-40(28-34(46)43(9-3)10-4)22-24-41(23-21-39)29-35(47)44(11-5)12-6/h13-16,25H,7-12,17-24,26-29H2,1-6H3. The van der Waals surface area contributed by atoms with E-state index >= 15 is 0 Å². The molecule has 0 N–H and O–H groups in total. The molecule has 1 fully saturated rings. The lowest BCUT2D eigenvalue weighted by molar-refractivity contribution is -0.134. The van der Waals surface area contributed by atoms with E-state index in [-0.39, 0.29) is 17.7 Å². The smallest absolute Gasteiger partial charge is 0.236 e. The van der Waals surface area contributed by atoms with Crippen LogP contribution in [0.4, 0.5) is 0 Å². The number of nitrogens with zero attached hydrogens (tertiary/aromatic N) is 9. The largest absolute Gasteiger partial charge is 0.342 e. The van der Waals surface area contributed by atoms with E-state index < -0.39 is 0 Å². The van der Waals surface area contributed by atoms with Gasteiger partial charge >= 0.3 is 0 Å². The zero-order valence-electron chi connectivity index (χ0n) is 29.9. The van der Waals surface area contributed by atoms with Crippen LogP contribution in [0, 0.1) is 0 Å². The third-order valence-corrected chi connectivity index (χ3v) is 9.24. The van der Waals surface area contributed by atoms with Crippen molar-refractivity contribution < 1.29 is 14.4 Å². The van der Waals surface area contributed by atoms with Gasteiger partial charge in [0.1, 0.15) is 0 Å². The van der Waals surface area contributed by atoms with Crippen molar-refractivity contribution in [1.82, 2.24) is 44.3 Å². The number of rotatable bonds is 14. The highest BCUT2D eigenvalue weighted by Crippen LogP contribution is 2.11. The van der Waals surface area contributed by atoms with E-state index in [9.17, 15) is 14.4 Å². The van der Waals surface area contributed by atoms with E-state index in [4.69, 9.17) is 4.98 Å². The van der Waals surface area contributed by atoms with E-state index in [1.54, 1.807) is 0 Å². The minimum absolute atomic E-state index is 0.112. The number of fused-ring (bicyclic) bond motifs is 1. The van der Waals surface area contributed by atoms with Crippen molar-refractivity contribution >= 4 is 28.8 Å². The molecule has 1 aliphatic rings. The summed E-state index contributed by atoms with van der Waals surface area (Å²) in [5.41, 5.74) is 2.64. The van der Waals surface area contributed by atoms with Crippen molar-refractivity contribution in [3.05, 3.63) is 36.2 Å². The average molecular weight is 654 g/mol. The number of amides is 3. The van der Waals surface area contributed by atoms with E-state index in [1.807, 2.05) is 86.7 Å². The maximum absolute atomic E-state index is 13.3. The molecule has 0 spiro atoms. The SMILES string of the molecule is CCN(CC)C(=O)CN1CCN(CC(=O)N(CC)CC)CCN(Cc2cnc3ccccc3n2)CCN(CC(=O)N(CC)CC)CC1. The average Bonchev–Trinajstić information content (AvgIpc) is 3.07. The number of hydrogen-bond acceptors (Lipinski definition) is 9. The Morgan fingerprint density at radius 2 is 0.894 bits per heavy atom. The van der Waals surface area contributed by atoms with Gasteiger partial charge in [-0.2, -0.15) is 0 Å². The van der Waals surface area contributed by atoms with Crippen LogP contribution in [0.2, 0.25) is 0 Å². The van der Waals surface area contributed by atoms with Crippen LogP contribution in [-0.2, 0) is 20.9 Å². The van der Waals surface area contributed by atoms with E-state index in [2.05, 4.69) is 24.6 Å². The van der Waals surface area contributed by atoms with E-state index in [0.717, 1.165) is 29.8 Å². The fourth-order valence-corrected chi connectivity index (χ4v) is 6.11. The van der Waals surface area contributed by atoms with Gasteiger partial charge in [0.25, 0.3) is 0 Å². The Morgan fingerprint density at radius 3 is 1.26 bits per heavy atom. The normalized spacial score (nSPS) is 16.4. The molecule has 0 radical (unpaired) electrons. The lowest BCUT2D eigenvalue weighted by Gasteiger charge is -2.35. The zero-order chi connectivity index (χ0) is 34.2. The number of hydrogen-bond donors (Lipinski definition) is 0. The van der Waals surface area contributed by atoms with Crippen LogP contribution in [0.25, 0.3) is 11.0 Å². The van der Waals surface area contributed by atoms with Gasteiger partial charge in [0.15, 0.2) is 0 Å². The summed E-state index contributed by atoms with van der Waals surface area (Å²) in [6, 6.07) is 7.90. The Bertz CT molecular complexity index is 1210. The van der Waals surface area contributed by atoms with Crippen molar-refractivity contribution in [3.63, 3.8) is 0 Å². The molecule has 2 aromatic rings. The lowest BCUT2D eigenvalue weighted by atomic mass is 10.2. The van der Waals surface area contributed by atoms with Crippen LogP contribution >= 0.6 is 0 Å². The maximum atomic E-state index is 13.3. The first-order valence-corrected chi connectivity index (χ1v) is 17.7. The molecule has 1 aromatic heterocycles. The Kier molecular flexibility index (Phi) is 16.5. The molecule has 3 rings (SSSR count). The summed E-state index contributed by atoms with van der Waals surface area (Å²) in [5, 5.41) is 0. The molecule has 0 bridgehead atoms. The molecular formula is C35H59N9O3. The van der Waals surface area contributed by atoms with Gasteiger partial charge in [0.05, 0.1) is 42.6 Å². The summed E-state index contributed by atoms with van der Waals surface area (Å²) in [6.45, 7) is 23.3. The van der Waals surface area contributed by atoms with Crippen LogP contribution in [-0.4, -0.2) is 173 Å². The second-order valence-electron chi connectivity index (χ2n) is 12.2. The number of benzene rings is 1. The lowest BCUT2D eigenvalue weighted by Crippen LogP contribution is -2.51. The zero-order valence-corrected chi connectivity index (χ0v) is 29.9. The van der Waals surface area contributed by atoms with Gasteiger partial charge in [0.2, 0.25) is 17.7 Å². The van der Waals surface area contributed by atoms with Crippen molar-refractivity contribution in [2.75, 3.05) is 111 Å². The van der Waals surface area contributed by atoms with Gasteiger partial charge in [-0.1, -0.05) is 12.1 Å². The number of carbonyl (C=O) groups excluding carboxylic acids is 3. The van der Waals surface area contributed by atoms with E-state index in [0.29, 0.717) is 105 Å². The minimum atomic E-state index is 0.112. The second kappa shape index (κ2) is 20.2. The predicted molar refractivity (Wildman–Crippen MR) is 188 cm³/mol. The summed E-state index contributed by atoms with van der Waals surface area (Å²) in [7, 11) is 0. The van der Waals surface area contributed by atoms with Crippen LogP contribution in [0.3, 0.4) is 0 Å². The Hall–Kier alpha value is -3.19. The maximum Gasteiger partial charge on any atom is 0.236 e. The molecule has 262 valence electrons. The molecule has 12 nitrogen and oxygen atoms in total. The molecule has 1 saturated heterocycles. The first-order chi connectivity index (χ1) is 22.7. The van der Waals surface area contributed by atoms with Crippen LogP contribution in [0.15, 0.2) is 30.5 Å². The molecule has 1 aliphatic heterocycles. The number of likely N-dealkylation sites (N-methyl/N-ethyl adjacent to an activating group) is 3. The molecule has 12 heteroatoms. The van der Waals surface area contributed by atoms with Gasteiger partial charge in [-0.3, -0.25) is 39.0 Å². The summed E-state index contributed by atoms with van der Waals surface area (Å²) in [4.78, 5) is 63.9. The predicted octanol–water partition coefficient (Wildman–Crippen LogP) is 1.96. The van der Waals surface area contributed by atoms with Gasteiger partial charge < -0.3 is 14.7 Å². The van der Waals surface area contributed by atoms with Crippen molar-refractivity contribution in [2.24, 2.45) is 0 Å². The summed E-state index contributed by atoms with van der Waals surface area (Å²) >= 11 is 0. The Labute approximate surface area is 282 Å². The Morgan fingerprint density at radius 1 is 0.553 bits per heavy atom. The third kappa shape index (κ3) is 12.1. The quantitative estimate of drug-likeness (QED) is 0.303. The highest BCUT2D eigenvalue weighted by Gasteiger charge is 2.23. The topological polar surface area (TPSA) is 99.7 Å². The molecular weight excluding hydrogens is 594 g/mol. The molecule has 2 heterocycles. The summed E-state index contributed by atoms with van der Waals surface area (Å²) < 4.78 is 0. The van der Waals surface area contributed by atoms with Gasteiger partial charge in [-0.25, -0.2) is 4.98 Å². The molecule has 0 unspecified atom stereocenters. The number of aromatic nitrogens is 2. The molecule has 3 amide bonds. The molecule has 47 heavy (non-hydrogen) atoms.